The van der Waals surface area contributed by atoms with Crippen LogP contribution in [0.1, 0.15) is 80.4 Å². The third kappa shape index (κ3) is 8.41. The summed E-state index contributed by atoms with van der Waals surface area (Å²) in [7, 11) is 0. The molecular weight excluding hydrogens is 1050 g/mol. The van der Waals surface area contributed by atoms with Gasteiger partial charge in [0.25, 0.3) is 6.71 Å². The van der Waals surface area contributed by atoms with Crippen LogP contribution in [0.15, 0.2) is 224 Å². The number of benzene rings is 9. The van der Waals surface area contributed by atoms with Gasteiger partial charge in [-0.05, 0) is 135 Å². The summed E-state index contributed by atoms with van der Waals surface area (Å²) >= 11 is 5.79. The predicted octanol–water partition coefficient (Wildman–Crippen LogP) is 21.2. The summed E-state index contributed by atoms with van der Waals surface area (Å²) in [5, 5.41) is 6.44. The summed E-state index contributed by atoms with van der Waals surface area (Å²) in [5.74, 6) is 0. The van der Waals surface area contributed by atoms with Gasteiger partial charge in [0.1, 0.15) is 0 Å². The molecule has 0 atom stereocenters. The lowest BCUT2D eigenvalue weighted by Gasteiger charge is -2.43. The van der Waals surface area contributed by atoms with Crippen molar-refractivity contribution in [2.24, 2.45) is 5.41 Å². The number of anilines is 8. The topological polar surface area (TPSA) is 9.72 Å². The molecule has 5 heterocycles. The molecule has 2 aliphatic rings. The highest BCUT2D eigenvalue weighted by Gasteiger charge is 2.46. The molecule has 0 saturated carbocycles. The minimum absolute atomic E-state index is 0.000785. The summed E-state index contributed by atoms with van der Waals surface area (Å²) < 4.78 is 7.83. The summed E-state index contributed by atoms with van der Waals surface area (Å²) in [5.41, 5.74) is 19.4. The molecule has 0 N–H and O–H groups in total. The molecule has 0 amide bonds. The van der Waals surface area contributed by atoms with E-state index < -0.39 is 0 Å². The molecule has 0 aliphatic carbocycles. The smallest absolute Gasteiger partial charge is 0.264 e. The van der Waals surface area contributed by atoms with Crippen LogP contribution in [0, 0.1) is 5.41 Å². The van der Waals surface area contributed by atoms with Crippen LogP contribution >= 0.6 is 34.0 Å². The van der Waals surface area contributed by atoms with Gasteiger partial charge in [0.05, 0.1) is 26.5 Å². The van der Waals surface area contributed by atoms with Gasteiger partial charge >= 0.3 is 0 Å². The molecule has 9 aromatic carbocycles. The van der Waals surface area contributed by atoms with E-state index in [2.05, 4.69) is 291 Å². The number of thiophene rings is 3. The highest BCUT2D eigenvalue weighted by atomic mass is 32.1. The third-order valence-electron chi connectivity index (χ3n) is 17.3. The third-order valence-corrected chi connectivity index (χ3v) is 21.0. The van der Waals surface area contributed by atoms with E-state index in [4.69, 9.17) is 0 Å². The van der Waals surface area contributed by atoms with Crippen molar-refractivity contribution in [2.45, 2.75) is 80.1 Å². The highest BCUT2D eigenvalue weighted by Crippen LogP contribution is 2.54. The molecule has 0 fully saturated rings. The Morgan fingerprint density at radius 2 is 1.05 bits per heavy atom. The second-order valence-corrected chi connectivity index (χ2v) is 28.6. The molecule has 12 aromatic rings. The molecule has 82 heavy (non-hydrogen) atoms. The number of fused-ring (bicyclic) bond motifs is 12. The Morgan fingerprint density at radius 1 is 0.476 bits per heavy atom. The van der Waals surface area contributed by atoms with Gasteiger partial charge in [-0.2, -0.15) is 0 Å². The Hall–Kier alpha value is -7.94. The first-order valence-corrected chi connectivity index (χ1v) is 31.2. The van der Waals surface area contributed by atoms with E-state index in [9.17, 15) is 0 Å². The maximum Gasteiger partial charge on any atom is 0.264 e. The van der Waals surface area contributed by atoms with E-state index in [0.29, 0.717) is 0 Å². The molecule has 3 nitrogen and oxygen atoms in total. The Morgan fingerprint density at radius 3 is 1.76 bits per heavy atom. The van der Waals surface area contributed by atoms with Crippen LogP contribution in [0.4, 0.5) is 45.5 Å². The van der Waals surface area contributed by atoms with Crippen molar-refractivity contribution in [3.63, 3.8) is 0 Å². The second-order valence-electron chi connectivity index (χ2n) is 25.4. The molecule has 3 aromatic heterocycles. The van der Waals surface area contributed by atoms with Crippen LogP contribution in [-0.4, -0.2) is 6.71 Å². The molecule has 0 spiro atoms. The lowest BCUT2D eigenvalue weighted by atomic mass is 9.36. The van der Waals surface area contributed by atoms with Crippen molar-refractivity contribution in [1.82, 2.24) is 0 Å². The fourth-order valence-electron chi connectivity index (χ4n) is 12.5. The molecule has 0 unspecified atom stereocenters. The molecule has 7 heteroatoms. The van der Waals surface area contributed by atoms with E-state index in [0.717, 1.165) is 17.1 Å². The van der Waals surface area contributed by atoms with Crippen molar-refractivity contribution < 1.29 is 0 Å². The van der Waals surface area contributed by atoms with Crippen molar-refractivity contribution in [1.29, 1.82) is 0 Å². The molecular formula is C75H66BN3S3. The van der Waals surface area contributed by atoms with E-state index in [-0.39, 0.29) is 23.0 Å². The SMILES string of the molecule is C=C/C(=C\C=C(/C)C(C)(C)C)N(c1ccc(C(C)(C)C)cc1)c1ccc2c(c1)N(c1cccc3c1sc1c(-c4ccccc4)cccc13)c1cccc3c1B2c1sc2ccc(C(C)(C)C)cc2c1N3c1cccc2c1sc1ccccc12. The zero-order valence-corrected chi connectivity index (χ0v) is 50.9. The standard InChI is InChI=1S/C75H66BN3S3/c1-12-50(38-34-46(2)73(3,4)5)77(51-39-35-48(36-40-51)74(6,7)8)52-41-42-59-64(45-52)78(62-31-20-28-57-56-26-18-25-53(69(56)82-71(57)62)47-22-14-13-15-23-47)60-29-21-30-61-67(60)76(59)72-68(58-44-49(75(9,10)11)37-43-66(58)81-72)79(61)63-32-19-27-55-54-24-16-17-33-65(54)80-70(55)63/h12-45H,1H2,2-11H3/b46-34+,50-38+. The maximum absolute atomic E-state index is 4.52. The first-order valence-electron chi connectivity index (χ1n) is 28.7. The number of rotatable bonds is 8. The zero-order chi connectivity index (χ0) is 56.6. The van der Waals surface area contributed by atoms with Crippen molar-refractivity contribution in [3.05, 3.63) is 235 Å². The normalized spacial score (nSPS) is 13.9. The summed E-state index contributed by atoms with van der Waals surface area (Å²) in [6, 6.07) is 71.5. The van der Waals surface area contributed by atoms with Crippen LogP contribution in [0.5, 0.6) is 0 Å². The first-order chi connectivity index (χ1) is 39.5. The van der Waals surface area contributed by atoms with E-state index in [1.54, 1.807) is 0 Å². The molecule has 0 radical (unpaired) electrons. The number of hydrogen-bond donors (Lipinski definition) is 0. The Balaban J connectivity index is 1.08. The zero-order valence-electron chi connectivity index (χ0n) is 48.5. The van der Waals surface area contributed by atoms with Gasteiger partial charge in [-0.25, -0.2) is 0 Å². The molecule has 14 rings (SSSR count). The van der Waals surface area contributed by atoms with Crippen LogP contribution in [-0.2, 0) is 10.8 Å². The van der Waals surface area contributed by atoms with Crippen LogP contribution in [0.3, 0.4) is 0 Å². The largest absolute Gasteiger partial charge is 0.310 e. The summed E-state index contributed by atoms with van der Waals surface area (Å²) in [4.78, 5) is 7.70. The average molecular weight is 1120 g/mol. The van der Waals surface area contributed by atoms with Gasteiger partial charge in [0.15, 0.2) is 0 Å². The van der Waals surface area contributed by atoms with E-state index in [1.807, 2.05) is 40.1 Å². The summed E-state index contributed by atoms with van der Waals surface area (Å²) in [6.07, 6.45) is 6.56. The quantitative estimate of drug-likeness (QED) is 0.111. The first kappa shape index (κ1) is 52.2. The summed E-state index contributed by atoms with van der Waals surface area (Å²) in [6.45, 7) is 27.4. The van der Waals surface area contributed by atoms with Crippen molar-refractivity contribution in [3.8, 4) is 11.1 Å². The predicted molar refractivity (Wildman–Crippen MR) is 365 cm³/mol. The molecule has 402 valence electrons. The van der Waals surface area contributed by atoms with Gasteiger partial charge in [-0.15, -0.1) is 34.0 Å². The number of hydrogen-bond acceptors (Lipinski definition) is 6. The minimum Gasteiger partial charge on any atom is -0.310 e. The highest BCUT2D eigenvalue weighted by molar-refractivity contribution is 7.34. The number of allylic oxidation sites excluding steroid dienone is 4. The van der Waals surface area contributed by atoms with Gasteiger partial charge < -0.3 is 14.7 Å². The van der Waals surface area contributed by atoms with Crippen LogP contribution < -0.4 is 30.4 Å². The van der Waals surface area contributed by atoms with E-state index >= 15 is 0 Å². The van der Waals surface area contributed by atoms with E-state index in [1.165, 1.54) is 128 Å². The Kier molecular flexibility index (Phi) is 12.3. The van der Waals surface area contributed by atoms with Crippen LogP contribution in [0.25, 0.3) is 61.6 Å². The van der Waals surface area contributed by atoms with Crippen molar-refractivity contribution in [2.75, 3.05) is 14.7 Å². The van der Waals surface area contributed by atoms with Gasteiger partial charge in [-0.1, -0.05) is 202 Å². The number of nitrogens with zero attached hydrogens (tertiary/aromatic N) is 3. The van der Waals surface area contributed by atoms with Gasteiger partial charge in [-0.3, -0.25) is 0 Å². The van der Waals surface area contributed by atoms with Gasteiger partial charge in [0, 0.05) is 79.9 Å². The molecule has 2 aliphatic heterocycles. The fourth-order valence-corrected chi connectivity index (χ4v) is 16.4. The molecule has 0 bridgehead atoms. The second kappa shape index (κ2) is 19.3. The van der Waals surface area contributed by atoms with Gasteiger partial charge in [0.2, 0.25) is 0 Å². The Labute approximate surface area is 495 Å². The van der Waals surface area contributed by atoms with Crippen LogP contribution in [0.2, 0.25) is 0 Å². The lowest BCUT2D eigenvalue weighted by molar-refractivity contribution is 0.504. The maximum atomic E-state index is 4.52. The molecule has 0 saturated heterocycles. The van der Waals surface area contributed by atoms with Crippen molar-refractivity contribution >= 4 is 152 Å². The lowest BCUT2D eigenvalue weighted by Crippen LogP contribution is -2.60. The average Bonchev–Trinajstić information content (AvgIpc) is 4.22. The minimum atomic E-state index is -0.0625. The monoisotopic (exact) mass is 1120 g/mol. The fraction of sp³-hybridized carbons (Fsp3) is 0.173. The Bertz CT molecular complexity index is 4630.